The Labute approximate surface area is 123 Å². The molecular weight excluding hydrogens is 246 g/mol. The highest BCUT2D eigenvalue weighted by Crippen LogP contribution is 2.21. The monoisotopic (exact) mass is 273 g/mol. The topological polar surface area (TPSA) is 35.2 Å². The molecule has 0 aromatic heterocycles. The van der Waals surface area contributed by atoms with Crippen molar-refractivity contribution in [2.45, 2.75) is 46.5 Å². The van der Waals surface area contributed by atoms with E-state index in [1.54, 1.807) is 0 Å². The minimum absolute atomic E-state index is 0.396. The van der Waals surface area contributed by atoms with E-state index in [-0.39, 0.29) is 0 Å². The zero-order valence-corrected chi connectivity index (χ0v) is 13.0. The van der Waals surface area contributed by atoms with Gasteiger partial charge < -0.3 is 10.5 Å². The number of unbranched alkanes of at least 4 members (excludes halogenated alkanes) is 1. The van der Waals surface area contributed by atoms with Gasteiger partial charge in [-0.25, -0.2) is 0 Å². The predicted octanol–water partition coefficient (Wildman–Crippen LogP) is 3.90. The highest BCUT2D eigenvalue weighted by atomic mass is 16.5. The van der Waals surface area contributed by atoms with E-state index in [0.29, 0.717) is 12.5 Å². The molecule has 2 nitrogen and oxygen atoms in total. The Morgan fingerprint density at radius 1 is 1.30 bits per heavy atom. The first-order chi connectivity index (χ1) is 9.71. The molecular formula is C18H27NO. The average molecular weight is 273 g/mol. The second-order valence-corrected chi connectivity index (χ2v) is 5.21. The zero-order valence-electron chi connectivity index (χ0n) is 13.0. The number of benzene rings is 1. The number of hydrogen-bond acceptors (Lipinski definition) is 2. The third-order valence-corrected chi connectivity index (χ3v) is 3.53. The van der Waals surface area contributed by atoms with Crippen molar-refractivity contribution < 1.29 is 4.74 Å². The molecule has 0 aliphatic carbocycles. The predicted molar refractivity (Wildman–Crippen MR) is 85.9 cm³/mol. The van der Waals surface area contributed by atoms with Crippen LogP contribution in [0.15, 0.2) is 18.2 Å². The zero-order chi connectivity index (χ0) is 14.8. The Morgan fingerprint density at radius 3 is 2.70 bits per heavy atom. The molecule has 0 aliphatic rings. The van der Waals surface area contributed by atoms with Gasteiger partial charge in [0, 0.05) is 5.56 Å². The summed E-state index contributed by atoms with van der Waals surface area (Å²) in [5.41, 5.74) is 7.52. The van der Waals surface area contributed by atoms with E-state index in [0.717, 1.165) is 23.5 Å². The van der Waals surface area contributed by atoms with Crippen LogP contribution in [-0.4, -0.2) is 13.2 Å². The molecule has 110 valence electrons. The van der Waals surface area contributed by atoms with Gasteiger partial charge in [0.05, 0.1) is 13.2 Å². The van der Waals surface area contributed by atoms with Gasteiger partial charge in [-0.1, -0.05) is 45.0 Å². The van der Waals surface area contributed by atoms with Crippen LogP contribution < -0.4 is 10.5 Å². The van der Waals surface area contributed by atoms with Crippen molar-refractivity contribution in [1.82, 2.24) is 0 Å². The van der Waals surface area contributed by atoms with Crippen LogP contribution in [0.25, 0.3) is 0 Å². The van der Waals surface area contributed by atoms with Crippen molar-refractivity contribution in [3.63, 3.8) is 0 Å². The van der Waals surface area contributed by atoms with E-state index in [1.165, 1.54) is 25.7 Å². The molecule has 2 N–H and O–H groups in total. The van der Waals surface area contributed by atoms with Gasteiger partial charge in [-0.15, -0.1) is 0 Å². The number of aryl methyl sites for hydroxylation is 1. The number of hydrogen-bond donors (Lipinski definition) is 1. The first-order valence-electron chi connectivity index (χ1n) is 7.63. The Kier molecular flexibility index (Phi) is 7.84. The maximum Gasteiger partial charge on any atom is 0.122 e. The van der Waals surface area contributed by atoms with Gasteiger partial charge in [0.2, 0.25) is 0 Å². The molecule has 0 spiro atoms. The third-order valence-electron chi connectivity index (χ3n) is 3.53. The van der Waals surface area contributed by atoms with Gasteiger partial charge in [0.1, 0.15) is 5.75 Å². The summed E-state index contributed by atoms with van der Waals surface area (Å²) in [4.78, 5) is 0. The molecule has 1 aromatic carbocycles. The van der Waals surface area contributed by atoms with Gasteiger partial charge >= 0.3 is 0 Å². The van der Waals surface area contributed by atoms with Crippen LogP contribution in [0.4, 0.5) is 0 Å². The van der Waals surface area contributed by atoms with Crippen LogP contribution in [0, 0.1) is 24.7 Å². The van der Waals surface area contributed by atoms with E-state index < -0.39 is 0 Å². The molecule has 1 atom stereocenters. The van der Waals surface area contributed by atoms with Crippen molar-refractivity contribution in [3.8, 4) is 17.6 Å². The van der Waals surface area contributed by atoms with Crippen molar-refractivity contribution in [3.05, 3.63) is 29.3 Å². The lowest BCUT2D eigenvalue weighted by atomic mass is 10.0. The number of ether oxygens (including phenoxy) is 1. The SMILES string of the molecule is CCCCC(CC)COc1ccc(C#CCN)cc1C. The van der Waals surface area contributed by atoms with E-state index >= 15 is 0 Å². The largest absolute Gasteiger partial charge is 0.493 e. The molecule has 0 amide bonds. The molecule has 0 heterocycles. The lowest BCUT2D eigenvalue weighted by Crippen LogP contribution is -2.11. The summed E-state index contributed by atoms with van der Waals surface area (Å²) in [7, 11) is 0. The molecule has 20 heavy (non-hydrogen) atoms. The van der Waals surface area contributed by atoms with Gasteiger partial charge in [0.25, 0.3) is 0 Å². The first-order valence-corrected chi connectivity index (χ1v) is 7.63. The average Bonchev–Trinajstić information content (AvgIpc) is 2.46. The number of rotatable bonds is 7. The summed E-state index contributed by atoms with van der Waals surface area (Å²) >= 11 is 0. The normalized spacial score (nSPS) is 11.6. The fourth-order valence-corrected chi connectivity index (χ4v) is 2.15. The Balaban J connectivity index is 2.59. The van der Waals surface area contributed by atoms with Crippen LogP contribution in [-0.2, 0) is 0 Å². The summed E-state index contributed by atoms with van der Waals surface area (Å²) in [5, 5.41) is 0. The van der Waals surface area contributed by atoms with E-state index in [2.05, 4.69) is 38.7 Å². The second kappa shape index (κ2) is 9.44. The van der Waals surface area contributed by atoms with E-state index in [1.807, 2.05) is 12.1 Å². The van der Waals surface area contributed by atoms with Crippen LogP contribution in [0.1, 0.15) is 50.7 Å². The second-order valence-electron chi connectivity index (χ2n) is 5.21. The van der Waals surface area contributed by atoms with Gasteiger partial charge in [-0.3, -0.25) is 0 Å². The summed E-state index contributed by atoms with van der Waals surface area (Å²) in [6.45, 7) is 7.74. The maximum atomic E-state index is 5.97. The smallest absolute Gasteiger partial charge is 0.122 e. The van der Waals surface area contributed by atoms with Gasteiger partial charge in [-0.05, 0) is 43.0 Å². The van der Waals surface area contributed by atoms with Crippen molar-refractivity contribution in [2.24, 2.45) is 11.7 Å². The Hall–Kier alpha value is -1.46. The molecule has 0 saturated carbocycles. The van der Waals surface area contributed by atoms with Crippen LogP contribution in [0.2, 0.25) is 0 Å². The molecule has 2 heteroatoms. The maximum absolute atomic E-state index is 5.97. The van der Waals surface area contributed by atoms with Crippen molar-refractivity contribution >= 4 is 0 Å². The Bertz CT molecular complexity index is 456. The summed E-state index contributed by atoms with van der Waals surface area (Å²) < 4.78 is 5.97. The van der Waals surface area contributed by atoms with E-state index in [9.17, 15) is 0 Å². The van der Waals surface area contributed by atoms with Crippen LogP contribution in [0.3, 0.4) is 0 Å². The van der Waals surface area contributed by atoms with Gasteiger partial charge in [0.15, 0.2) is 0 Å². The number of nitrogens with two attached hydrogens (primary N) is 1. The standard InChI is InChI=1S/C18H27NO/c1-4-6-8-16(5-2)14-20-18-11-10-17(9-7-12-19)13-15(18)3/h10-11,13,16H,4-6,8,12,14,19H2,1-3H3. The van der Waals surface area contributed by atoms with Gasteiger partial charge in [-0.2, -0.15) is 0 Å². The lowest BCUT2D eigenvalue weighted by molar-refractivity contribution is 0.232. The lowest BCUT2D eigenvalue weighted by Gasteiger charge is -2.16. The minimum atomic E-state index is 0.396. The summed E-state index contributed by atoms with van der Waals surface area (Å²) in [6, 6.07) is 6.07. The fourth-order valence-electron chi connectivity index (χ4n) is 2.15. The highest BCUT2D eigenvalue weighted by molar-refractivity contribution is 5.43. The molecule has 0 radical (unpaired) electrons. The van der Waals surface area contributed by atoms with Crippen LogP contribution in [0.5, 0.6) is 5.75 Å². The molecule has 1 rings (SSSR count). The third kappa shape index (κ3) is 5.67. The molecule has 0 saturated heterocycles. The highest BCUT2D eigenvalue weighted by Gasteiger charge is 2.08. The molecule has 0 aliphatic heterocycles. The fraction of sp³-hybridized carbons (Fsp3) is 0.556. The van der Waals surface area contributed by atoms with Crippen LogP contribution >= 0.6 is 0 Å². The Morgan fingerprint density at radius 2 is 2.10 bits per heavy atom. The molecule has 0 bridgehead atoms. The quantitative estimate of drug-likeness (QED) is 0.765. The summed E-state index contributed by atoms with van der Waals surface area (Å²) in [5.74, 6) is 7.55. The molecule has 0 fully saturated rings. The van der Waals surface area contributed by atoms with Crippen molar-refractivity contribution in [2.75, 3.05) is 13.2 Å². The first kappa shape index (κ1) is 16.6. The molecule has 1 unspecified atom stereocenters. The summed E-state index contributed by atoms with van der Waals surface area (Å²) in [6.07, 6.45) is 4.98. The minimum Gasteiger partial charge on any atom is -0.493 e. The van der Waals surface area contributed by atoms with E-state index in [4.69, 9.17) is 10.5 Å². The van der Waals surface area contributed by atoms with Crippen molar-refractivity contribution in [1.29, 1.82) is 0 Å². The molecule has 1 aromatic rings.